The van der Waals surface area contributed by atoms with Crippen LogP contribution in [0.1, 0.15) is 37.0 Å². The van der Waals surface area contributed by atoms with Crippen LogP contribution in [0.2, 0.25) is 0 Å². The lowest BCUT2D eigenvalue weighted by atomic mass is 9.95. The molecule has 0 amide bonds. The number of thiophene rings is 1. The highest BCUT2D eigenvalue weighted by molar-refractivity contribution is 9.11. The van der Waals surface area contributed by atoms with Gasteiger partial charge in [-0.3, -0.25) is 0 Å². The van der Waals surface area contributed by atoms with Gasteiger partial charge in [0.2, 0.25) is 0 Å². The molecule has 1 heterocycles. The number of rotatable bonds is 5. The van der Waals surface area contributed by atoms with Crippen molar-refractivity contribution >= 4 is 27.3 Å². The number of halogens is 1. The molecule has 1 aromatic heterocycles. The molecule has 0 saturated heterocycles. The van der Waals surface area contributed by atoms with Crippen LogP contribution in [0.5, 0.6) is 0 Å². The first kappa shape index (κ1) is 12.6. The Morgan fingerprint density at radius 1 is 1.38 bits per heavy atom. The van der Waals surface area contributed by atoms with Crippen molar-refractivity contribution in [2.24, 2.45) is 5.73 Å². The van der Waals surface area contributed by atoms with Gasteiger partial charge in [-0.05, 0) is 53.9 Å². The van der Waals surface area contributed by atoms with Crippen LogP contribution in [0.3, 0.4) is 0 Å². The van der Waals surface area contributed by atoms with Crippen LogP contribution in [-0.2, 0) is 6.54 Å². The minimum absolute atomic E-state index is 0.128. The molecule has 1 saturated carbocycles. The zero-order valence-electron chi connectivity index (χ0n) is 9.47. The molecule has 0 bridgehead atoms. The van der Waals surface area contributed by atoms with Crippen molar-refractivity contribution in [3.8, 4) is 0 Å². The van der Waals surface area contributed by atoms with E-state index < -0.39 is 0 Å². The number of nitrogens with one attached hydrogen (secondary N) is 1. The van der Waals surface area contributed by atoms with Crippen LogP contribution in [0.25, 0.3) is 0 Å². The van der Waals surface area contributed by atoms with Gasteiger partial charge in [0.15, 0.2) is 0 Å². The van der Waals surface area contributed by atoms with Gasteiger partial charge in [-0.25, -0.2) is 0 Å². The summed E-state index contributed by atoms with van der Waals surface area (Å²) in [5, 5.41) is 3.48. The van der Waals surface area contributed by atoms with Crippen molar-refractivity contribution in [1.82, 2.24) is 5.32 Å². The van der Waals surface area contributed by atoms with Gasteiger partial charge in [0.1, 0.15) is 0 Å². The predicted octanol–water partition coefficient (Wildman–Crippen LogP) is 3.26. The zero-order valence-corrected chi connectivity index (χ0v) is 11.9. The highest BCUT2D eigenvalue weighted by Crippen LogP contribution is 2.29. The Bertz CT molecular complexity index is 332. The average molecular weight is 303 g/mol. The van der Waals surface area contributed by atoms with Gasteiger partial charge >= 0.3 is 0 Å². The summed E-state index contributed by atoms with van der Waals surface area (Å²) in [5.74, 6) is 0. The van der Waals surface area contributed by atoms with E-state index in [1.807, 2.05) is 0 Å². The second-order valence-corrected chi connectivity index (χ2v) is 7.25. The normalized spacial score (nSPS) is 19.1. The molecule has 1 fully saturated rings. The molecule has 0 spiro atoms. The summed E-state index contributed by atoms with van der Waals surface area (Å²) in [6.07, 6.45) is 6.15. The van der Waals surface area contributed by atoms with E-state index in [4.69, 9.17) is 5.73 Å². The van der Waals surface area contributed by atoms with Crippen molar-refractivity contribution in [2.75, 3.05) is 6.54 Å². The quantitative estimate of drug-likeness (QED) is 0.819. The molecule has 0 aliphatic heterocycles. The summed E-state index contributed by atoms with van der Waals surface area (Å²) < 4.78 is 1.20. The topological polar surface area (TPSA) is 38.0 Å². The Labute approximate surface area is 110 Å². The number of hydrogen-bond acceptors (Lipinski definition) is 3. The lowest BCUT2D eigenvalue weighted by molar-refractivity contribution is 0.394. The van der Waals surface area contributed by atoms with Crippen LogP contribution < -0.4 is 11.1 Å². The predicted molar refractivity (Wildman–Crippen MR) is 73.7 cm³/mol. The molecule has 16 heavy (non-hydrogen) atoms. The molecule has 1 aliphatic carbocycles. The second kappa shape index (κ2) is 5.63. The van der Waals surface area contributed by atoms with Crippen LogP contribution in [-0.4, -0.2) is 12.1 Å². The fourth-order valence-electron chi connectivity index (χ4n) is 2.32. The molecular weight excluding hydrogens is 284 g/mol. The maximum absolute atomic E-state index is 6.30. The summed E-state index contributed by atoms with van der Waals surface area (Å²) in [7, 11) is 0. The van der Waals surface area contributed by atoms with E-state index in [9.17, 15) is 0 Å². The molecule has 1 aromatic rings. The largest absolute Gasteiger partial charge is 0.325 e. The van der Waals surface area contributed by atoms with Crippen molar-refractivity contribution in [1.29, 1.82) is 0 Å². The molecular formula is C12H19BrN2S. The third-order valence-corrected chi connectivity index (χ3v) is 4.95. The summed E-state index contributed by atoms with van der Waals surface area (Å²) in [5.41, 5.74) is 6.43. The van der Waals surface area contributed by atoms with Gasteiger partial charge in [-0.15, -0.1) is 11.3 Å². The van der Waals surface area contributed by atoms with Crippen LogP contribution in [0.15, 0.2) is 15.9 Å². The van der Waals surface area contributed by atoms with Crippen molar-refractivity contribution < 1.29 is 0 Å². The summed E-state index contributed by atoms with van der Waals surface area (Å²) in [6, 6.07) is 4.26. The van der Waals surface area contributed by atoms with Gasteiger partial charge < -0.3 is 11.1 Å². The van der Waals surface area contributed by atoms with Gasteiger partial charge in [-0.1, -0.05) is 12.8 Å². The molecule has 1 aliphatic rings. The Hall–Kier alpha value is 0.1000. The molecule has 0 aromatic carbocycles. The van der Waals surface area contributed by atoms with Gasteiger partial charge in [0.05, 0.1) is 3.79 Å². The molecule has 0 radical (unpaired) electrons. The van der Waals surface area contributed by atoms with E-state index in [0.29, 0.717) is 0 Å². The maximum atomic E-state index is 6.30. The van der Waals surface area contributed by atoms with Crippen molar-refractivity contribution in [3.05, 3.63) is 20.8 Å². The Morgan fingerprint density at radius 2 is 2.12 bits per heavy atom. The standard InChI is InChI=1S/C12H19BrN2S/c13-11-4-3-10(16-11)9-15-8-7-12(14)5-1-2-6-12/h3-4,15H,1-2,5-9,14H2. The number of hydrogen-bond donors (Lipinski definition) is 2. The van der Waals surface area contributed by atoms with Gasteiger partial charge in [0, 0.05) is 17.0 Å². The molecule has 4 heteroatoms. The minimum Gasteiger partial charge on any atom is -0.325 e. The van der Waals surface area contributed by atoms with Crippen LogP contribution in [0, 0.1) is 0 Å². The monoisotopic (exact) mass is 302 g/mol. The van der Waals surface area contributed by atoms with Crippen LogP contribution >= 0.6 is 27.3 Å². The first-order valence-corrected chi connectivity index (χ1v) is 7.53. The minimum atomic E-state index is 0.128. The van der Waals surface area contributed by atoms with E-state index in [-0.39, 0.29) is 5.54 Å². The zero-order chi connectivity index (χ0) is 11.4. The van der Waals surface area contributed by atoms with Gasteiger partial charge in [-0.2, -0.15) is 0 Å². The Kier molecular flexibility index (Phi) is 4.41. The summed E-state index contributed by atoms with van der Waals surface area (Å²) >= 11 is 5.27. The highest BCUT2D eigenvalue weighted by Gasteiger charge is 2.28. The molecule has 2 rings (SSSR count). The smallest absolute Gasteiger partial charge is 0.0701 e. The molecule has 0 unspecified atom stereocenters. The molecule has 90 valence electrons. The summed E-state index contributed by atoms with van der Waals surface area (Å²) in [6.45, 7) is 2.00. The van der Waals surface area contributed by atoms with Crippen LogP contribution in [0.4, 0.5) is 0 Å². The second-order valence-electron chi connectivity index (χ2n) is 4.70. The Balaban J connectivity index is 1.65. The Morgan fingerprint density at radius 3 is 2.75 bits per heavy atom. The van der Waals surface area contributed by atoms with E-state index >= 15 is 0 Å². The van der Waals surface area contributed by atoms with E-state index in [0.717, 1.165) is 19.5 Å². The van der Waals surface area contributed by atoms with E-state index in [2.05, 4.69) is 33.4 Å². The fraction of sp³-hybridized carbons (Fsp3) is 0.667. The van der Waals surface area contributed by atoms with E-state index in [1.165, 1.54) is 34.3 Å². The van der Waals surface area contributed by atoms with Gasteiger partial charge in [0.25, 0.3) is 0 Å². The molecule has 3 N–H and O–H groups in total. The fourth-order valence-corrected chi connectivity index (χ4v) is 3.78. The molecule has 0 atom stereocenters. The third kappa shape index (κ3) is 3.55. The highest BCUT2D eigenvalue weighted by atomic mass is 79.9. The summed E-state index contributed by atoms with van der Waals surface area (Å²) in [4.78, 5) is 1.38. The average Bonchev–Trinajstić information content (AvgIpc) is 2.84. The SMILES string of the molecule is NC1(CCNCc2ccc(Br)s2)CCCC1. The lowest BCUT2D eigenvalue weighted by Crippen LogP contribution is -2.39. The first-order chi connectivity index (χ1) is 7.68. The maximum Gasteiger partial charge on any atom is 0.0701 e. The van der Waals surface area contributed by atoms with Crippen molar-refractivity contribution in [3.63, 3.8) is 0 Å². The van der Waals surface area contributed by atoms with Crippen molar-refractivity contribution in [2.45, 2.75) is 44.2 Å². The molecule has 2 nitrogen and oxygen atoms in total. The first-order valence-electron chi connectivity index (χ1n) is 5.92. The third-order valence-electron chi connectivity index (χ3n) is 3.33. The lowest BCUT2D eigenvalue weighted by Gasteiger charge is -2.23. The van der Waals surface area contributed by atoms with E-state index in [1.54, 1.807) is 11.3 Å². The number of nitrogens with two attached hydrogens (primary N) is 1.